The molecular weight excluding hydrogens is 214 g/mol. The topological polar surface area (TPSA) is 61.7 Å². The minimum absolute atomic E-state index is 0.0640. The van der Waals surface area contributed by atoms with E-state index in [-0.39, 0.29) is 5.54 Å². The summed E-state index contributed by atoms with van der Waals surface area (Å²) in [5.41, 5.74) is 8.85. The van der Waals surface area contributed by atoms with Crippen molar-refractivity contribution in [2.75, 3.05) is 5.73 Å². The second kappa shape index (κ2) is 3.61. The number of aromatic nitrogens is 4. The molecule has 5 heteroatoms. The fraction of sp³-hybridized carbons (Fsp3) is 0.500. The Morgan fingerprint density at radius 3 is 2.35 bits per heavy atom. The average Bonchev–Trinajstić information content (AvgIpc) is 2.68. The van der Waals surface area contributed by atoms with Crippen LogP contribution in [0, 0.1) is 6.92 Å². The Morgan fingerprint density at radius 1 is 1.29 bits per heavy atom. The van der Waals surface area contributed by atoms with Crippen molar-refractivity contribution in [1.82, 2.24) is 19.3 Å². The molecule has 0 spiro atoms. The summed E-state index contributed by atoms with van der Waals surface area (Å²) in [4.78, 5) is 4.41. The third kappa shape index (κ3) is 1.92. The van der Waals surface area contributed by atoms with Crippen molar-refractivity contribution in [3.63, 3.8) is 0 Å². The number of nitrogens with two attached hydrogens (primary N) is 1. The van der Waals surface area contributed by atoms with Crippen LogP contribution in [-0.2, 0) is 12.6 Å². The predicted molar refractivity (Wildman–Crippen MR) is 68.6 cm³/mol. The molecule has 2 N–H and O–H groups in total. The molecule has 0 amide bonds. The third-order valence-electron chi connectivity index (χ3n) is 2.80. The fourth-order valence-corrected chi connectivity index (χ4v) is 1.93. The van der Waals surface area contributed by atoms with Gasteiger partial charge in [-0.05, 0) is 27.7 Å². The van der Waals surface area contributed by atoms with Crippen molar-refractivity contribution in [2.24, 2.45) is 7.05 Å². The summed E-state index contributed by atoms with van der Waals surface area (Å²) in [7, 11) is 1.90. The molecule has 0 saturated heterocycles. The van der Waals surface area contributed by atoms with Crippen molar-refractivity contribution in [2.45, 2.75) is 33.2 Å². The van der Waals surface area contributed by atoms with Gasteiger partial charge in [-0.3, -0.25) is 4.68 Å². The molecular formula is C12H19N5. The highest BCUT2D eigenvalue weighted by atomic mass is 15.3. The van der Waals surface area contributed by atoms with E-state index >= 15 is 0 Å². The Balaban J connectivity index is 2.55. The third-order valence-corrected chi connectivity index (χ3v) is 2.80. The van der Waals surface area contributed by atoms with E-state index in [4.69, 9.17) is 5.73 Å². The number of hydrogen-bond acceptors (Lipinski definition) is 3. The lowest BCUT2D eigenvalue weighted by Gasteiger charge is -2.22. The molecule has 0 radical (unpaired) electrons. The van der Waals surface area contributed by atoms with E-state index in [1.54, 1.807) is 11.0 Å². The number of nitrogen functional groups attached to an aromatic ring is 1. The zero-order valence-corrected chi connectivity index (χ0v) is 11.0. The molecule has 2 heterocycles. The number of aryl methyl sites for hydroxylation is 2. The quantitative estimate of drug-likeness (QED) is 0.818. The Kier molecular flexibility index (Phi) is 2.49. The van der Waals surface area contributed by atoms with Gasteiger partial charge in [0.05, 0.1) is 12.0 Å². The zero-order chi connectivity index (χ0) is 12.8. The number of hydrogen-bond donors (Lipinski definition) is 1. The monoisotopic (exact) mass is 233 g/mol. The normalized spacial score (nSPS) is 12.1. The van der Waals surface area contributed by atoms with Crippen LogP contribution in [0.25, 0.3) is 11.3 Å². The van der Waals surface area contributed by atoms with Crippen molar-refractivity contribution in [3.05, 3.63) is 18.2 Å². The average molecular weight is 233 g/mol. The van der Waals surface area contributed by atoms with Gasteiger partial charge in [-0.15, -0.1) is 0 Å². The Labute approximate surface area is 101 Å². The van der Waals surface area contributed by atoms with Gasteiger partial charge in [0.2, 0.25) is 0 Å². The van der Waals surface area contributed by atoms with Gasteiger partial charge >= 0.3 is 0 Å². The number of anilines is 1. The van der Waals surface area contributed by atoms with Gasteiger partial charge in [-0.1, -0.05) is 0 Å². The van der Waals surface area contributed by atoms with Crippen molar-refractivity contribution >= 4 is 5.82 Å². The summed E-state index contributed by atoms with van der Waals surface area (Å²) in [5, 5.41) is 4.31. The van der Waals surface area contributed by atoms with Crippen LogP contribution < -0.4 is 5.73 Å². The second-order valence-corrected chi connectivity index (χ2v) is 5.32. The summed E-state index contributed by atoms with van der Waals surface area (Å²) in [5.74, 6) is 0.689. The molecule has 2 aromatic heterocycles. The van der Waals surface area contributed by atoms with Gasteiger partial charge < -0.3 is 10.3 Å². The summed E-state index contributed by atoms with van der Waals surface area (Å²) in [6.45, 7) is 8.27. The minimum atomic E-state index is -0.0640. The Hall–Kier alpha value is -1.78. The van der Waals surface area contributed by atoms with Crippen LogP contribution in [0.3, 0.4) is 0 Å². The van der Waals surface area contributed by atoms with Crippen LogP contribution in [0.15, 0.2) is 12.5 Å². The lowest BCUT2D eigenvalue weighted by atomic mass is 10.1. The van der Waals surface area contributed by atoms with E-state index in [0.29, 0.717) is 5.82 Å². The van der Waals surface area contributed by atoms with Gasteiger partial charge in [0, 0.05) is 24.3 Å². The maximum atomic E-state index is 6.16. The Morgan fingerprint density at radius 2 is 1.94 bits per heavy atom. The van der Waals surface area contributed by atoms with Crippen molar-refractivity contribution < 1.29 is 0 Å². The van der Waals surface area contributed by atoms with Crippen LogP contribution in [0.1, 0.15) is 26.5 Å². The van der Waals surface area contributed by atoms with Crippen LogP contribution in [0.4, 0.5) is 5.82 Å². The number of rotatable bonds is 1. The molecule has 92 valence electrons. The highest BCUT2D eigenvalue weighted by Gasteiger charge is 2.20. The SMILES string of the molecule is Cc1nn(C)cc1-c1ncn(C(C)(C)C)c1N. The molecule has 17 heavy (non-hydrogen) atoms. The first kappa shape index (κ1) is 11.7. The minimum Gasteiger partial charge on any atom is -0.383 e. The summed E-state index contributed by atoms with van der Waals surface area (Å²) >= 11 is 0. The summed E-state index contributed by atoms with van der Waals surface area (Å²) in [6, 6.07) is 0. The standard InChI is InChI=1S/C12H19N5/c1-8-9(6-16(5)15-8)10-11(13)17(7-14-10)12(2,3)4/h6-7H,13H2,1-5H3. The van der Waals surface area contributed by atoms with Crippen molar-refractivity contribution in [3.8, 4) is 11.3 Å². The van der Waals surface area contributed by atoms with Crippen LogP contribution in [-0.4, -0.2) is 19.3 Å². The summed E-state index contributed by atoms with van der Waals surface area (Å²) < 4.78 is 3.76. The lowest BCUT2D eigenvalue weighted by Crippen LogP contribution is -2.22. The molecule has 0 saturated carbocycles. The Bertz CT molecular complexity index is 542. The van der Waals surface area contributed by atoms with E-state index in [1.807, 2.05) is 24.7 Å². The van der Waals surface area contributed by atoms with E-state index < -0.39 is 0 Å². The largest absolute Gasteiger partial charge is 0.383 e. The van der Waals surface area contributed by atoms with E-state index in [2.05, 4.69) is 30.9 Å². The first-order valence-corrected chi connectivity index (χ1v) is 5.64. The second-order valence-electron chi connectivity index (χ2n) is 5.32. The van der Waals surface area contributed by atoms with E-state index in [0.717, 1.165) is 17.0 Å². The number of imidazole rings is 1. The highest BCUT2D eigenvalue weighted by molar-refractivity contribution is 5.71. The van der Waals surface area contributed by atoms with Gasteiger partial charge in [0.25, 0.3) is 0 Å². The highest BCUT2D eigenvalue weighted by Crippen LogP contribution is 2.30. The number of nitrogens with zero attached hydrogens (tertiary/aromatic N) is 4. The molecule has 0 aliphatic rings. The molecule has 2 aromatic rings. The lowest BCUT2D eigenvalue weighted by molar-refractivity contribution is 0.402. The summed E-state index contributed by atoms with van der Waals surface area (Å²) in [6.07, 6.45) is 3.73. The molecule has 0 aliphatic heterocycles. The fourth-order valence-electron chi connectivity index (χ4n) is 1.93. The molecule has 0 fully saturated rings. The van der Waals surface area contributed by atoms with Gasteiger partial charge in [-0.25, -0.2) is 4.98 Å². The maximum absolute atomic E-state index is 6.16. The molecule has 0 aliphatic carbocycles. The van der Waals surface area contributed by atoms with Gasteiger partial charge in [0.15, 0.2) is 0 Å². The van der Waals surface area contributed by atoms with Crippen LogP contribution >= 0.6 is 0 Å². The molecule has 0 unspecified atom stereocenters. The van der Waals surface area contributed by atoms with Crippen LogP contribution in [0.5, 0.6) is 0 Å². The smallest absolute Gasteiger partial charge is 0.132 e. The van der Waals surface area contributed by atoms with E-state index in [1.165, 1.54) is 0 Å². The van der Waals surface area contributed by atoms with Gasteiger partial charge in [-0.2, -0.15) is 5.10 Å². The predicted octanol–water partition coefficient (Wildman–Crippen LogP) is 1.93. The molecule has 0 atom stereocenters. The zero-order valence-electron chi connectivity index (χ0n) is 11.0. The van der Waals surface area contributed by atoms with Gasteiger partial charge in [0.1, 0.15) is 11.5 Å². The van der Waals surface area contributed by atoms with Crippen LogP contribution in [0.2, 0.25) is 0 Å². The van der Waals surface area contributed by atoms with E-state index in [9.17, 15) is 0 Å². The molecule has 2 rings (SSSR count). The molecule has 0 bridgehead atoms. The molecule has 5 nitrogen and oxygen atoms in total. The first-order chi connectivity index (χ1) is 7.80. The first-order valence-electron chi connectivity index (χ1n) is 5.64. The maximum Gasteiger partial charge on any atom is 0.132 e. The molecule has 0 aromatic carbocycles. The van der Waals surface area contributed by atoms with Crippen molar-refractivity contribution in [1.29, 1.82) is 0 Å².